The van der Waals surface area contributed by atoms with Gasteiger partial charge < -0.3 is 4.74 Å². The molecule has 214 valence electrons. The van der Waals surface area contributed by atoms with Crippen molar-refractivity contribution in [2.45, 2.75) is 52.4 Å². The van der Waals surface area contributed by atoms with Crippen LogP contribution in [0.25, 0.3) is 44.3 Å². The first kappa shape index (κ1) is 27.0. The highest BCUT2D eigenvalue weighted by molar-refractivity contribution is 6.09. The topological polar surface area (TPSA) is 44.9 Å². The summed E-state index contributed by atoms with van der Waals surface area (Å²) in [6, 6.07) is 33.8. The molecule has 7 aromatic rings. The van der Waals surface area contributed by atoms with Crippen LogP contribution in [-0.4, -0.2) is 19.1 Å². The third-order valence-electron chi connectivity index (χ3n) is 8.23. The van der Waals surface area contributed by atoms with E-state index < -0.39 is 0 Å². The molecular weight excluding hydrogens is 528 g/mol. The Morgan fingerprint density at radius 2 is 1.28 bits per heavy atom. The molecule has 0 saturated heterocycles. The van der Waals surface area contributed by atoms with Crippen molar-refractivity contribution in [1.29, 1.82) is 0 Å². The van der Waals surface area contributed by atoms with Gasteiger partial charge in [-0.3, -0.25) is 9.13 Å². The molecule has 0 aliphatic rings. The van der Waals surface area contributed by atoms with E-state index in [1.54, 1.807) is 0 Å². The van der Waals surface area contributed by atoms with Gasteiger partial charge in [-0.2, -0.15) is 0 Å². The molecule has 0 spiro atoms. The van der Waals surface area contributed by atoms with Crippen LogP contribution in [0.2, 0.25) is 0 Å². The molecule has 0 bridgehead atoms. The van der Waals surface area contributed by atoms with Gasteiger partial charge in [0.15, 0.2) is 0 Å². The van der Waals surface area contributed by atoms with Gasteiger partial charge in [-0.15, -0.1) is 0 Å². The first-order valence-electron chi connectivity index (χ1n) is 14.8. The van der Waals surface area contributed by atoms with E-state index in [1.165, 1.54) is 21.9 Å². The smallest absolute Gasteiger partial charge is 0.137 e. The van der Waals surface area contributed by atoms with Crippen molar-refractivity contribution in [3.63, 3.8) is 0 Å². The minimum atomic E-state index is 0.00682. The Balaban J connectivity index is 1.37. The number of imidazole rings is 1. The maximum atomic E-state index is 6.51. The van der Waals surface area contributed by atoms with Gasteiger partial charge in [0.2, 0.25) is 0 Å². The summed E-state index contributed by atoms with van der Waals surface area (Å²) < 4.78 is 10.9. The van der Waals surface area contributed by atoms with Gasteiger partial charge in [-0.25, -0.2) is 9.97 Å². The number of pyridine rings is 1. The Labute approximate surface area is 252 Å². The summed E-state index contributed by atoms with van der Waals surface area (Å²) in [4.78, 5) is 9.44. The third kappa shape index (κ3) is 4.85. The minimum absolute atomic E-state index is 0.00682. The lowest BCUT2D eigenvalue weighted by Crippen LogP contribution is -2.12. The normalized spacial score (nSPS) is 12.4. The summed E-state index contributed by atoms with van der Waals surface area (Å²) in [7, 11) is 0. The largest absolute Gasteiger partial charge is 0.457 e. The standard InChI is InChI=1S/C38H36N4O/c1-37(2,3)25-14-16-30-31-17-15-29(23-35(31)42(34(30)20-25)36-21-26(18-19-39-36)38(4,5)6)43-28-11-9-10-27(22-28)41-24-40-32-12-7-8-13-33(32)41/h7-24H,1-6H3. The van der Waals surface area contributed by atoms with Crippen LogP contribution in [0.3, 0.4) is 0 Å². The average Bonchev–Trinajstić information content (AvgIpc) is 3.55. The number of hydrogen-bond acceptors (Lipinski definition) is 3. The van der Waals surface area contributed by atoms with E-state index in [0.29, 0.717) is 0 Å². The van der Waals surface area contributed by atoms with E-state index in [9.17, 15) is 0 Å². The molecule has 3 aromatic heterocycles. The summed E-state index contributed by atoms with van der Waals surface area (Å²) in [6.07, 6.45) is 3.78. The fourth-order valence-electron chi connectivity index (χ4n) is 5.78. The molecule has 0 N–H and O–H groups in total. The molecule has 5 nitrogen and oxygen atoms in total. The van der Waals surface area contributed by atoms with Crippen molar-refractivity contribution in [2.75, 3.05) is 0 Å². The first-order chi connectivity index (χ1) is 20.6. The predicted molar refractivity (Wildman–Crippen MR) is 177 cm³/mol. The van der Waals surface area contributed by atoms with Crippen LogP contribution in [0.4, 0.5) is 0 Å². The van der Waals surface area contributed by atoms with E-state index in [-0.39, 0.29) is 10.8 Å². The predicted octanol–water partition coefficient (Wildman–Crippen LogP) is 9.90. The Morgan fingerprint density at radius 3 is 2.07 bits per heavy atom. The van der Waals surface area contributed by atoms with E-state index >= 15 is 0 Å². The molecule has 0 radical (unpaired) electrons. The second-order valence-corrected chi connectivity index (χ2v) is 13.4. The maximum absolute atomic E-state index is 6.51. The van der Waals surface area contributed by atoms with Gasteiger partial charge in [0, 0.05) is 29.1 Å². The van der Waals surface area contributed by atoms with Gasteiger partial charge >= 0.3 is 0 Å². The fraction of sp³-hybridized carbons (Fsp3) is 0.211. The van der Waals surface area contributed by atoms with Gasteiger partial charge in [-0.05, 0) is 76.6 Å². The molecule has 0 aliphatic heterocycles. The summed E-state index contributed by atoms with van der Waals surface area (Å²) in [5.41, 5.74) is 7.80. The third-order valence-corrected chi connectivity index (χ3v) is 8.23. The zero-order valence-corrected chi connectivity index (χ0v) is 25.6. The Kier molecular flexibility index (Phi) is 6.17. The number of hydrogen-bond donors (Lipinski definition) is 0. The lowest BCUT2D eigenvalue weighted by molar-refractivity contribution is 0.483. The van der Waals surface area contributed by atoms with E-state index in [2.05, 4.69) is 122 Å². The molecule has 0 fully saturated rings. The second-order valence-electron chi connectivity index (χ2n) is 13.4. The van der Waals surface area contributed by atoms with Crippen LogP contribution in [0, 0.1) is 0 Å². The number of fused-ring (bicyclic) bond motifs is 4. The van der Waals surface area contributed by atoms with Crippen molar-refractivity contribution < 1.29 is 4.74 Å². The van der Waals surface area contributed by atoms with Crippen molar-refractivity contribution in [2.24, 2.45) is 0 Å². The summed E-state index contributed by atoms with van der Waals surface area (Å²) in [6.45, 7) is 13.5. The van der Waals surface area contributed by atoms with E-state index in [0.717, 1.165) is 45.1 Å². The molecule has 0 unspecified atom stereocenters. The second kappa shape index (κ2) is 9.84. The zero-order valence-electron chi connectivity index (χ0n) is 25.6. The molecule has 0 atom stereocenters. The monoisotopic (exact) mass is 564 g/mol. The molecule has 3 heterocycles. The van der Waals surface area contributed by atoms with Crippen LogP contribution in [0.5, 0.6) is 11.5 Å². The lowest BCUT2D eigenvalue weighted by atomic mass is 9.86. The van der Waals surface area contributed by atoms with Crippen LogP contribution in [-0.2, 0) is 10.8 Å². The number of para-hydroxylation sites is 2. The quantitative estimate of drug-likeness (QED) is 0.214. The summed E-state index contributed by atoms with van der Waals surface area (Å²) in [5.74, 6) is 2.44. The van der Waals surface area contributed by atoms with Gasteiger partial charge in [-0.1, -0.05) is 71.9 Å². The number of nitrogens with zero attached hydrogens (tertiary/aromatic N) is 4. The Bertz CT molecular complexity index is 2140. The van der Waals surface area contributed by atoms with E-state index in [1.807, 2.05) is 42.9 Å². The van der Waals surface area contributed by atoms with Gasteiger partial charge in [0.05, 0.1) is 27.8 Å². The SMILES string of the molecule is CC(C)(C)c1ccnc(-n2c3cc(Oc4cccc(-n5cnc6ccccc65)c4)ccc3c3ccc(C(C)(C)C)cc32)c1. The highest BCUT2D eigenvalue weighted by Gasteiger charge is 2.21. The molecule has 7 rings (SSSR count). The highest BCUT2D eigenvalue weighted by Crippen LogP contribution is 2.38. The zero-order chi connectivity index (χ0) is 29.9. The number of aromatic nitrogens is 4. The maximum Gasteiger partial charge on any atom is 0.137 e. The summed E-state index contributed by atoms with van der Waals surface area (Å²) in [5, 5.41) is 2.37. The van der Waals surface area contributed by atoms with Crippen LogP contribution in [0.1, 0.15) is 52.7 Å². The van der Waals surface area contributed by atoms with Crippen LogP contribution in [0.15, 0.2) is 110 Å². The van der Waals surface area contributed by atoms with Crippen molar-refractivity contribution >= 4 is 32.8 Å². The molecule has 0 amide bonds. The van der Waals surface area contributed by atoms with Crippen molar-refractivity contribution in [3.05, 3.63) is 121 Å². The van der Waals surface area contributed by atoms with Crippen LogP contribution >= 0.6 is 0 Å². The fourth-order valence-corrected chi connectivity index (χ4v) is 5.78. The molecule has 5 heteroatoms. The highest BCUT2D eigenvalue weighted by atomic mass is 16.5. The van der Waals surface area contributed by atoms with Crippen molar-refractivity contribution in [1.82, 2.24) is 19.1 Å². The number of benzene rings is 4. The van der Waals surface area contributed by atoms with Crippen molar-refractivity contribution in [3.8, 4) is 23.0 Å². The summed E-state index contributed by atoms with van der Waals surface area (Å²) >= 11 is 0. The lowest BCUT2D eigenvalue weighted by Gasteiger charge is -2.21. The number of rotatable bonds is 4. The molecular formula is C38H36N4O. The minimum Gasteiger partial charge on any atom is -0.457 e. The Hall–Kier alpha value is -4.90. The molecule has 0 aliphatic carbocycles. The van der Waals surface area contributed by atoms with Crippen LogP contribution < -0.4 is 4.74 Å². The average molecular weight is 565 g/mol. The Morgan fingerprint density at radius 1 is 0.581 bits per heavy atom. The molecule has 43 heavy (non-hydrogen) atoms. The van der Waals surface area contributed by atoms with Gasteiger partial charge in [0.25, 0.3) is 0 Å². The first-order valence-corrected chi connectivity index (χ1v) is 14.8. The number of ether oxygens (including phenoxy) is 1. The molecule has 0 saturated carbocycles. The van der Waals surface area contributed by atoms with E-state index in [4.69, 9.17) is 9.72 Å². The van der Waals surface area contributed by atoms with Gasteiger partial charge in [0.1, 0.15) is 23.6 Å². The molecule has 4 aromatic carbocycles.